The summed E-state index contributed by atoms with van der Waals surface area (Å²) in [5, 5.41) is 9.52. The van der Waals surface area contributed by atoms with Gasteiger partial charge in [0.1, 0.15) is 11.6 Å². The average Bonchev–Trinajstić information content (AvgIpc) is 3.11. The van der Waals surface area contributed by atoms with Gasteiger partial charge in [0.25, 0.3) is 10.0 Å². The number of benzene rings is 3. The molecule has 10 heteroatoms. The van der Waals surface area contributed by atoms with E-state index < -0.39 is 27.4 Å². The number of carboxylic acid groups (broad SMARTS) is 1. The van der Waals surface area contributed by atoms with Gasteiger partial charge in [-0.3, -0.25) is 4.72 Å². The van der Waals surface area contributed by atoms with E-state index in [0.29, 0.717) is 27.4 Å². The molecule has 0 aliphatic heterocycles. The van der Waals surface area contributed by atoms with Gasteiger partial charge < -0.3 is 10.1 Å². The number of carboxylic acids is 1. The van der Waals surface area contributed by atoms with Crippen LogP contribution < -0.4 is 4.72 Å². The van der Waals surface area contributed by atoms with Crippen LogP contribution in [-0.2, 0) is 10.0 Å². The number of anilines is 1. The average molecular weight is 446 g/mol. The van der Waals surface area contributed by atoms with Crippen molar-refractivity contribution >= 4 is 44.3 Å². The van der Waals surface area contributed by atoms with E-state index in [-0.39, 0.29) is 10.6 Å². The molecule has 1 heterocycles. The lowest BCUT2D eigenvalue weighted by atomic mass is 10.2. The first-order chi connectivity index (χ1) is 14.2. The fraction of sp³-hybridized carbons (Fsp3) is 0. The summed E-state index contributed by atoms with van der Waals surface area (Å²) in [7, 11) is -4.14. The topological polar surface area (TPSA) is 112 Å². The first kappa shape index (κ1) is 19.9. The highest BCUT2D eigenvalue weighted by Gasteiger charge is 2.20. The molecule has 152 valence electrons. The van der Waals surface area contributed by atoms with Crippen LogP contribution in [0.15, 0.2) is 65.6 Å². The SMILES string of the molecule is O=C(O)c1cc(S(=O)(=O)Nc2ccc3nc(-c4ccccc4Cl)[nH]c3c2)ccc1F. The number of hydrogen-bond donors (Lipinski definition) is 3. The van der Waals surface area contributed by atoms with Crippen LogP contribution in [0, 0.1) is 5.82 Å². The number of nitrogens with one attached hydrogen (secondary N) is 2. The summed E-state index contributed by atoms with van der Waals surface area (Å²) in [6.07, 6.45) is 0. The molecule has 4 aromatic rings. The molecule has 0 unspecified atom stereocenters. The van der Waals surface area contributed by atoms with Gasteiger partial charge in [-0.05, 0) is 48.5 Å². The van der Waals surface area contributed by atoms with E-state index in [0.717, 1.165) is 18.2 Å². The minimum absolute atomic E-state index is 0.220. The number of halogens is 2. The smallest absolute Gasteiger partial charge is 0.338 e. The van der Waals surface area contributed by atoms with Crippen molar-refractivity contribution in [3.05, 3.63) is 77.1 Å². The van der Waals surface area contributed by atoms with Crippen LogP contribution in [0.4, 0.5) is 10.1 Å². The van der Waals surface area contributed by atoms with Gasteiger partial charge >= 0.3 is 5.97 Å². The summed E-state index contributed by atoms with van der Waals surface area (Å²) in [6.45, 7) is 0. The van der Waals surface area contributed by atoms with Gasteiger partial charge in [0.15, 0.2) is 0 Å². The van der Waals surface area contributed by atoms with Crippen LogP contribution in [-0.4, -0.2) is 29.5 Å². The third-order valence-corrected chi connectivity index (χ3v) is 6.05. The van der Waals surface area contributed by atoms with E-state index in [4.69, 9.17) is 16.7 Å². The highest BCUT2D eigenvalue weighted by atomic mass is 35.5. The maximum Gasteiger partial charge on any atom is 0.338 e. The van der Waals surface area contributed by atoms with Gasteiger partial charge in [-0.25, -0.2) is 22.6 Å². The van der Waals surface area contributed by atoms with Crippen molar-refractivity contribution in [3.8, 4) is 11.4 Å². The van der Waals surface area contributed by atoms with Crippen molar-refractivity contribution in [1.29, 1.82) is 0 Å². The fourth-order valence-electron chi connectivity index (χ4n) is 2.90. The number of aromatic nitrogens is 2. The maximum atomic E-state index is 13.6. The Morgan fingerprint density at radius 1 is 1.10 bits per heavy atom. The van der Waals surface area contributed by atoms with Crippen LogP contribution in [0.1, 0.15) is 10.4 Å². The lowest BCUT2D eigenvalue weighted by Gasteiger charge is -2.09. The molecule has 4 rings (SSSR count). The number of aromatic amines is 1. The number of H-pyrrole nitrogens is 1. The number of rotatable bonds is 5. The molecule has 0 aliphatic carbocycles. The molecule has 0 bridgehead atoms. The summed E-state index contributed by atoms with van der Waals surface area (Å²) in [5.74, 6) is -2.05. The van der Waals surface area contributed by atoms with Gasteiger partial charge in [-0.1, -0.05) is 23.7 Å². The highest BCUT2D eigenvalue weighted by Crippen LogP contribution is 2.28. The Labute approximate surface area is 175 Å². The summed E-state index contributed by atoms with van der Waals surface area (Å²) in [5.41, 5.74) is 1.35. The number of carbonyl (C=O) groups is 1. The minimum atomic E-state index is -4.14. The zero-order chi connectivity index (χ0) is 21.5. The molecule has 0 amide bonds. The van der Waals surface area contributed by atoms with Crippen molar-refractivity contribution in [2.75, 3.05) is 4.72 Å². The van der Waals surface area contributed by atoms with Crippen LogP contribution in [0.2, 0.25) is 5.02 Å². The van der Waals surface area contributed by atoms with E-state index in [1.54, 1.807) is 30.3 Å². The standard InChI is InChI=1S/C20H13ClFN3O4S/c21-15-4-2-1-3-13(15)19-23-17-8-5-11(9-18(17)24-19)25-30(28,29)12-6-7-16(22)14(10-12)20(26)27/h1-10,25H,(H,23,24)(H,26,27). The summed E-state index contributed by atoms with van der Waals surface area (Å²) in [4.78, 5) is 18.2. The Bertz CT molecular complexity index is 1400. The van der Waals surface area contributed by atoms with Crippen molar-refractivity contribution in [2.45, 2.75) is 4.90 Å². The fourth-order valence-corrected chi connectivity index (χ4v) is 4.20. The zero-order valence-corrected chi connectivity index (χ0v) is 16.6. The van der Waals surface area contributed by atoms with Crippen molar-refractivity contribution in [2.24, 2.45) is 0 Å². The molecular weight excluding hydrogens is 433 g/mol. The third-order valence-electron chi connectivity index (χ3n) is 4.34. The van der Waals surface area contributed by atoms with Crippen LogP contribution in [0.25, 0.3) is 22.4 Å². The van der Waals surface area contributed by atoms with E-state index in [2.05, 4.69) is 14.7 Å². The number of fused-ring (bicyclic) bond motifs is 1. The number of imidazole rings is 1. The van der Waals surface area contributed by atoms with Gasteiger partial charge in [-0.2, -0.15) is 0 Å². The molecule has 0 saturated carbocycles. The number of aromatic carboxylic acids is 1. The first-order valence-electron chi connectivity index (χ1n) is 8.55. The van der Waals surface area contributed by atoms with Crippen molar-refractivity contribution < 1.29 is 22.7 Å². The molecule has 0 aliphatic rings. The van der Waals surface area contributed by atoms with E-state index in [1.807, 2.05) is 6.07 Å². The number of nitrogens with zero attached hydrogens (tertiary/aromatic N) is 1. The minimum Gasteiger partial charge on any atom is -0.478 e. The lowest BCUT2D eigenvalue weighted by molar-refractivity contribution is 0.0691. The van der Waals surface area contributed by atoms with E-state index in [1.165, 1.54) is 6.07 Å². The predicted molar refractivity (Wildman–Crippen MR) is 111 cm³/mol. The normalized spacial score (nSPS) is 11.5. The second-order valence-electron chi connectivity index (χ2n) is 6.35. The molecule has 0 radical (unpaired) electrons. The zero-order valence-electron chi connectivity index (χ0n) is 15.1. The Balaban J connectivity index is 1.68. The largest absolute Gasteiger partial charge is 0.478 e. The van der Waals surface area contributed by atoms with E-state index >= 15 is 0 Å². The number of sulfonamides is 1. The van der Waals surface area contributed by atoms with Crippen molar-refractivity contribution in [3.63, 3.8) is 0 Å². The molecule has 0 fully saturated rings. The monoisotopic (exact) mass is 445 g/mol. The van der Waals surface area contributed by atoms with E-state index in [9.17, 15) is 17.6 Å². The van der Waals surface area contributed by atoms with Gasteiger partial charge in [0.2, 0.25) is 0 Å². The van der Waals surface area contributed by atoms with Gasteiger partial charge in [0, 0.05) is 5.56 Å². The molecule has 0 spiro atoms. The second-order valence-corrected chi connectivity index (χ2v) is 8.44. The molecule has 0 saturated heterocycles. The molecule has 7 nitrogen and oxygen atoms in total. The maximum absolute atomic E-state index is 13.6. The molecule has 0 atom stereocenters. The Morgan fingerprint density at radius 3 is 2.60 bits per heavy atom. The second kappa shape index (κ2) is 7.43. The van der Waals surface area contributed by atoms with Crippen LogP contribution in [0.5, 0.6) is 0 Å². The Morgan fingerprint density at radius 2 is 1.87 bits per heavy atom. The first-order valence-corrected chi connectivity index (χ1v) is 10.4. The summed E-state index contributed by atoms with van der Waals surface area (Å²) >= 11 is 6.20. The quantitative estimate of drug-likeness (QED) is 0.418. The lowest BCUT2D eigenvalue weighted by Crippen LogP contribution is -2.14. The summed E-state index contributed by atoms with van der Waals surface area (Å²) < 4.78 is 41.2. The highest BCUT2D eigenvalue weighted by molar-refractivity contribution is 7.92. The molecule has 3 N–H and O–H groups in total. The molecule has 3 aromatic carbocycles. The Hall–Kier alpha value is -3.43. The van der Waals surface area contributed by atoms with Gasteiger partial charge in [-0.15, -0.1) is 0 Å². The molecule has 30 heavy (non-hydrogen) atoms. The van der Waals surface area contributed by atoms with Crippen molar-refractivity contribution in [1.82, 2.24) is 9.97 Å². The van der Waals surface area contributed by atoms with Gasteiger partial charge in [0.05, 0.1) is 32.2 Å². The summed E-state index contributed by atoms with van der Waals surface area (Å²) in [6, 6.07) is 14.4. The Kier molecular flexibility index (Phi) is 4.92. The number of hydrogen-bond acceptors (Lipinski definition) is 4. The molecular formula is C20H13ClFN3O4S. The third kappa shape index (κ3) is 3.72. The predicted octanol–water partition coefficient (Wildman–Crippen LogP) is 4.52. The van der Waals surface area contributed by atoms with Crippen LogP contribution >= 0.6 is 11.6 Å². The molecule has 1 aromatic heterocycles. The van der Waals surface area contributed by atoms with Crippen LogP contribution in [0.3, 0.4) is 0 Å².